The summed E-state index contributed by atoms with van der Waals surface area (Å²) in [5.41, 5.74) is 21.4. The molecule has 4 nitrogen and oxygen atoms in total. The van der Waals surface area contributed by atoms with Gasteiger partial charge in [0, 0.05) is 67.0 Å². The minimum atomic E-state index is 1.13. The zero-order valence-corrected chi connectivity index (χ0v) is 43.7. The molecule has 0 bridgehead atoms. The molecule has 0 aliphatic carbocycles. The molecule has 0 fully saturated rings. The summed E-state index contributed by atoms with van der Waals surface area (Å²) >= 11 is 0. The summed E-state index contributed by atoms with van der Waals surface area (Å²) in [6, 6.07) is 109. The topological polar surface area (TPSA) is 16.3 Å². The van der Waals surface area contributed by atoms with Gasteiger partial charge in [-0.25, -0.2) is 0 Å². The zero-order valence-electron chi connectivity index (χ0n) is 43.7. The van der Waals surface area contributed by atoms with Crippen LogP contribution in [0.3, 0.4) is 0 Å². The molecule has 0 unspecified atom stereocenters. The molecule has 0 saturated heterocycles. The van der Waals surface area contributed by atoms with E-state index in [0.717, 1.165) is 34.1 Å². The molecule has 2 aromatic heterocycles. The number of fused-ring (bicyclic) bond motifs is 6. The molecule has 14 aromatic rings. The van der Waals surface area contributed by atoms with Crippen LogP contribution in [-0.4, -0.2) is 9.13 Å². The molecule has 2 heterocycles. The second kappa shape index (κ2) is 20.9. The molecule has 0 N–H and O–H groups in total. The molecule has 12 aromatic carbocycles. The van der Waals surface area contributed by atoms with Crippen molar-refractivity contribution in [3.8, 4) is 33.6 Å². The van der Waals surface area contributed by atoms with Crippen LogP contribution in [-0.2, 0) is 0 Å². The Balaban J connectivity index is 0.000000148. The van der Waals surface area contributed by atoms with Gasteiger partial charge >= 0.3 is 0 Å². The molecular weight excluding hydrogens is 945 g/mol. The zero-order chi connectivity index (χ0) is 52.4. The Labute approximate surface area is 456 Å². The van der Waals surface area contributed by atoms with E-state index < -0.39 is 0 Å². The number of anilines is 6. The Morgan fingerprint density at radius 3 is 0.782 bits per heavy atom. The van der Waals surface area contributed by atoms with Gasteiger partial charge in [0.15, 0.2) is 0 Å². The number of aryl methyl sites for hydroxylation is 2. The fourth-order valence-electron chi connectivity index (χ4n) is 11.2. The molecule has 78 heavy (non-hydrogen) atoms. The van der Waals surface area contributed by atoms with Crippen LogP contribution in [0, 0.1) is 13.8 Å². The Hall–Kier alpha value is -10.2. The lowest BCUT2D eigenvalue weighted by molar-refractivity contribution is 1.18. The van der Waals surface area contributed by atoms with Crippen molar-refractivity contribution in [3.05, 3.63) is 314 Å². The molecule has 14 rings (SSSR count). The fourth-order valence-corrected chi connectivity index (χ4v) is 11.2. The number of nitrogens with zero attached hydrogens (tertiary/aromatic N) is 4. The molecule has 0 aliphatic heterocycles. The van der Waals surface area contributed by atoms with E-state index in [9.17, 15) is 0 Å². The van der Waals surface area contributed by atoms with E-state index in [1.165, 1.54) is 88.4 Å². The standard InChI is InChI=1S/C38H32N2.C36H24N2/c1-29-11-9-17-37(27-29)39(33-13-5-3-6-14-33)35-23-19-31(20-24-35)32-21-25-36(26-22-32)40(34-15-7-4-8-16-34)38-18-10-12-30(2)28-38;1-5-13-33-29(9-1)30-10-2-6-14-34(30)37(33)27-21-17-25(18-22-27)26-19-23-28(24-20-26)38-35-15-7-3-11-31(35)32-12-4-8-16-36(32)38/h3-28H,1-2H3;1-24H. The van der Waals surface area contributed by atoms with Crippen molar-refractivity contribution in [1.82, 2.24) is 9.13 Å². The third-order valence-electron chi connectivity index (χ3n) is 14.9. The number of hydrogen-bond donors (Lipinski definition) is 0. The maximum Gasteiger partial charge on any atom is 0.0541 e. The third kappa shape index (κ3) is 9.16. The van der Waals surface area contributed by atoms with Gasteiger partial charge in [0.05, 0.1) is 22.1 Å². The summed E-state index contributed by atoms with van der Waals surface area (Å²) in [6.07, 6.45) is 0. The van der Waals surface area contributed by atoms with Crippen LogP contribution in [0.4, 0.5) is 34.1 Å². The van der Waals surface area contributed by atoms with Crippen molar-refractivity contribution >= 4 is 77.7 Å². The van der Waals surface area contributed by atoms with Gasteiger partial charge < -0.3 is 18.9 Å². The van der Waals surface area contributed by atoms with E-state index in [1.807, 2.05) is 0 Å². The predicted molar refractivity (Wildman–Crippen MR) is 331 cm³/mol. The highest BCUT2D eigenvalue weighted by Gasteiger charge is 2.17. The van der Waals surface area contributed by atoms with Gasteiger partial charge in [-0.05, 0) is 169 Å². The third-order valence-corrected chi connectivity index (χ3v) is 14.9. The lowest BCUT2D eigenvalue weighted by atomic mass is 10.0. The van der Waals surface area contributed by atoms with Crippen LogP contribution >= 0.6 is 0 Å². The van der Waals surface area contributed by atoms with Crippen LogP contribution in [0.25, 0.3) is 77.2 Å². The van der Waals surface area contributed by atoms with Gasteiger partial charge in [-0.2, -0.15) is 0 Å². The first kappa shape index (κ1) is 47.5. The fraction of sp³-hybridized carbons (Fsp3) is 0.0270. The number of para-hydroxylation sites is 6. The quantitative estimate of drug-likeness (QED) is 0.136. The van der Waals surface area contributed by atoms with Crippen molar-refractivity contribution in [1.29, 1.82) is 0 Å². The summed E-state index contributed by atoms with van der Waals surface area (Å²) in [7, 11) is 0. The summed E-state index contributed by atoms with van der Waals surface area (Å²) in [5.74, 6) is 0. The minimum Gasteiger partial charge on any atom is -0.310 e. The van der Waals surface area contributed by atoms with Crippen LogP contribution in [0.5, 0.6) is 0 Å². The second-order valence-corrected chi connectivity index (χ2v) is 19.9. The van der Waals surface area contributed by atoms with E-state index in [1.54, 1.807) is 0 Å². The molecule has 4 heteroatoms. The Morgan fingerprint density at radius 1 is 0.218 bits per heavy atom. The van der Waals surface area contributed by atoms with Crippen LogP contribution in [0.1, 0.15) is 11.1 Å². The van der Waals surface area contributed by atoms with Gasteiger partial charge in [-0.1, -0.05) is 182 Å². The van der Waals surface area contributed by atoms with Crippen molar-refractivity contribution in [2.75, 3.05) is 9.80 Å². The predicted octanol–water partition coefficient (Wildman–Crippen LogP) is 20.5. The first-order valence-electron chi connectivity index (χ1n) is 26.7. The number of hydrogen-bond acceptors (Lipinski definition) is 2. The highest BCUT2D eigenvalue weighted by Crippen LogP contribution is 2.40. The smallest absolute Gasteiger partial charge is 0.0541 e. The summed E-state index contributed by atoms with van der Waals surface area (Å²) in [6.45, 7) is 4.27. The van der Waals surface area contributed by atoms with Crippen LogP contribution in [0.2, 0.25) is 0 Å². The van der Waals surface area contributed by atoms with Gasteiger partial charge in [-0.15, -0.1) is 0 Å². The molecule has 0 radical (unpaired) electrons. The average molecular weight is 1000 g/mol. The Bertz CT molecular complexity index is 3970. The summed E-state index contributed by atoms with van der Waals surface area (Å²) in [4.78, 5) is 4.61. The number of benzene rings is 12. The Kier molecular flexibility index (Phi) is 12.7. The molecule has 0 atom stereocenters. The normalized spacial score (nSPS) is 11.2. The van der Waals surface area contributed by atoms with E-state index in [-0.39, 0.29) is 0 Å². The van der Waals surface area contributed by atoms with E-state index in [2.05, 4.69) is 336 Å². The second-order valence-electron chi connectivity index (χ2n) is 19.9. The van der Waals surface area contributed by atoms with Gasteiger partial charge in [0.2, 0.25) is 0 Å². The van der Waals surface area contributed by atoms with Gasteiger partial charge in [0.25, 0.3) is 0 Å². The Morgan fingerprint density at radius 2 is 0.474 bits per heavy atom. The first-order chi connectivity index (χ1) is 38.5. The monoisotopic (exact) mass is 1000 g/mol. The maximum absolute atomic E-state index is 2.36. The number of aromatic nitrogens is 2. The van der Waals surface area contributed by atoms with Crippen molar-refractivity contribution in [2.24, 2.45) is 0 Å². The lowest BCUT2D eigenvalue weighted by Gasteiger charge is -2.26. The summed E-state index contributed by atoms with van der Waals surface area (Å²) in [5, 5.41) is 5.14. The molecule has 0 amide bonds. The van der Waals surface area contributed by atoms with Gasteiger partial charge in [-0.3, -0.25) is 0 Å². The van der Waals surface area contributed by atoms with Crippen LogP contribution in [0.15, 0.2) is 303 Å². The average Bonchev–Trinajstić information content (AvgIpc) is 4.03. The lowest BCUT2D eigenvalue weighted by Crippen LogP contribution is -2.10. The first-order valence-corrected chi connectivity index (χ1v) is 26.7. The summed E-state index contributed by atoms with van der Waals surface area (Å²) < 4.78 is 4.72. The van der Waals surface area contributed by atoms with Crippen LogP contribution < -0.4 is 9.80 Å². The van der Waals surface area contributed by atoms with Crippen molar-refractivity contribution in [3.63, 3.8) is 0 Å². The van der Waals surface area contributed by atoms with E-state index in [0.29, 0.717) is 0 Å². The molecule has 372 valence electrons. The highest BCUT2D eigenvalue weighted by atomic mass is 15.1. The van der Waals surface area contributed by atoms with E-state index in [4.69, 9.17) is 0 Å². The van der Waals surface area contributed by atoms with E-state index >= 15 is 0 Å². The van der Waals surface area contributed by atoms with Crippen molar-refractivity contribution in [2.45, 2.75) is 13.8 Å². The maximum atomic E-state index is 2.36. The molecule has 0 spiro atoms. The highest BCUT2D eigenvalue weighted by molar-refractivity contribution is 6.10. The minimum absolute atomic E-state index is 1.13. The molecule has 0 aliphatic rings. The number of rotatable bonds is 10. The molecular formula is C74H56N4. The van der Waals surface area contributed by atoms with Crippen molar-refractivity contribution < 1.29 is 0 Å². The molecule has 0 saturated carbocycles. The van der Waals surface area contributed by atoms with Gasteiger partial charge in [0.1, 0.15) is 0 Å². The SMILES string of the molecule is Cc1cccc(N(c2ccccc2)c2ccc(-c3ccc(N(c4ccccc4)c4cccc(C)c4)cc3)cc2)c1.c1ccc2c(c1)c1ccccc1n2-c1ccc(-c2ccc(-n3c4ccccc4c4ccccc43)cc2)cc1. The largest absolute Gasteiger partial charge is 0.310 e.